The van der Waals surface area contributed by atoms with Crippen LogP contribution in [0.1, 0.15) is 45.8 Å². The molecule has 0 N–H and O–H groups in total. The maximum Gasteiger partial charge on any atom is 0.291 e. The highest BCUT2D eigenvalue weighted by Gasteiger charge is 2.43. The first-order chi connectivity index (χ1) is 18.4. The number of hydrogen-bond donors (Lipinski definition) is 0. The number of benzene rings is 3. The molecule has 1 amide bonds. The summed E-state index contributed by atoms with van der Waals surface area (Å²) in [5.74, 6) is 1.53. The number of amides is 1. The SMILES string of the molecule is C=CCOc1ccc(C2c3c(oc4ccc(C)cc4c3=O)C(=O)N2Cc2ccc(OC)cc2)cc1OCC. The summed E-state index contributed by atoms with van der Waals surface area (Å²) in [6.45, 7) is 8.53. The molecule has 194 valence electrons. The molecule has 0 spiro atoms. The van der Waals surface area contributed by atoms with Gasteiger partial charge < -0.3 is 23.5 Å². The van der Waals surface area contributed by atoms with Gasteiger partial charge in [0.25, 0.3) is 5.91 Å². The standard InChI is InChI=1S/C31H29NO6/c1-5-15-37-25-14-10-21(17-26(25)36-6-2)28-27-29(33)23-16-19(3)7-13-24(23)38-30(27)31(34)32(28)18-20-8-11-22(35-4)12-9-20/h5,7-14,16-17,28H,1,6,15,18H2,2-4H3. The second kappa shape index (κ2) is 10.5. The van der Waals surface area contributed by atoms with Crippen molar-refractivity contribution in [3.05, 3.63) is 112 Å². The molecule has 1 unspecified atom stereocenters. The van der Waals surface area contributed by atoms with E-state index in [0.717, 1.165) is 22.4 Å². The Morgan fingerprint density at radius 1 is 1.00 bits per heavy atom. The molecule has 2 heterocycles. The molecule has 1 atom stereocenters. The Morgan fingerprint density at radius 3 is 2.50 bits per heavy atom. The lowest BCUT2D eigenvalue weighted by Crippen LogP contribution is -2.29. The van der Waals surface area contributed by atoms with E-state index in [1.54, 1.807) is 36.3 Å². The Morgan fingerprint density at radius 2 is 1.79 bits per heavy atom. The van der Waals surface area contributed by atoms with Gasteiger partial charge in [-0.2, -0.15) is 0 Å². The monoisotopic (exact) mass is 511 g/mol. The van der Waals surface area contributed by atoms with Gasteiger partial charge >= 0.3 is 0 Å². The molecule has 0 fully saturated rings. The van der Waals surface area contributed by atoms with E-state index in [1.807, 2.05) is 56.3 Å². The number of methoxy groups -OCH3 is 1. The van der Waals surface area contributed by atoms with Crippen LogP contribution in [0.15, 0.2) is 82.5 Å². The van der Waals surface area contributed by atoms with E-state index in [1.165, 1.54) is 0 Å². The van der Waals surface area contributed by atoms with E-state index < -0.39 is 6.04 Å². The van der Waals surface area contributed by atoms with Crippen LogP contribution in [-0.4, -0.2) is 31.1 Å². The lowest BCUT2D eigenvalue weighted by molar-refractivity contribution is 0.0714. The number of carbonyl (C=O) groups is 1. The molecule has 7 nitrogen and oxygen atoms in total. The van der Waals surface area contributed by atoms with Crippen LogP contribution < -0.4 is 19.6 Å². The number of hydrogen-bond acceptors (Lipinski definition) is 6. The van der Waals surface area contributed by atoms with Gasteiger partial charge in [0.15, 0.2) is 16.9 Å². The number of aryl methyl sites for hydroxylation is 1. The summed E-state index contributed by atoms with van der Waals surface area (Å²) in [7, 11) is 1.60. The molecule has 0 saturated carbocycles. The lowest BCUT2D eigenvalue weighted by atomic mass is 9.97. The average molecular weight is 512 g/mol. The summed E-state index contributed by atoms with van der Waals surface area (Å²) in [5, 5.41) is 0.448. The van der Waals surface area contributed by atoms with E-state index in [-0.39, 0.29) is 23.6 Å². The third-order valence-electron chi connectivity index (χ3n) is 6.57. The maximum absolute atomic E-state index is 13.9. The van der Waals surface area contributed by atoms with Crippen molar-refractivity contribution in [3.63, 3.8) is 0 Å². The predicted molar refractivity (Wildman–Crippen MR) is 145 cm³/mol. The number of fused-ring (bicyclic) bond motifs is 2. The third-order valence-corrected chi connectivity index (χ3v) is 6.57. The third kappa shape index (κ3) is 4.52. The molecule has 7 heteroatoms. The van der Waals surface area contributed by atoms with Crippen molar-refractivity contribution in [2.75, 3.05) is 20.3 Å². The van der Waals surface area contributed by atoms with Crippen LogP contribution in [0, 0.1) is 6.92 Å². The molecule has 1 aliphatic heterocycles. The first-order valence-electron chi connectivity index (χ1n) is 12.5. The summed E-state index contributed by atoms with van der Waals surface area (Å²) in [6.07, 6.45) is 1.66. The highest BCUT2D eigenvalue weighted by molar-refractivity contribution is 5.99. The minimum atomic E-state index is -0.673. The summed E-state index contributed by atoms with van der Waals surface area (Å²) in [5.41, 5.74) is 3.04. The van der Waals surface area contributed by atoms with E-state index in [9.17, 15) is 9.59 Å². The van der Waals surface area contributed by atoms with Crippen LogP contribution in [0.5, 0.6) is 17.2 Å². The number of ether oxygens (including phenoxy) is 3. The molecule has 0 aliphatic carbocycles. The summed E-state index contributed by atoms with van der Waals surface area (Å²) in [6, 6.07) is 17.7. The molecule has 1 aromatic heterocycles. The molecule has 5 rings (SSSR count). The molecule has 38 heavy (non-hydrogen) atoms. The van der Waals surface area contributed by atoms with Gasteiger partial charge in [-0.3, -0.25) is 9.59 Å². The Bertz CT molecular complexity index is 1570. The van der Waals surface area contributed by atoms with Gasteiger partial charge in [0.1, 0.15) is 17.9 Å². The highest BCUT2D eigenvalue weighted by Crippen LogP contribution is 2.42. The average Bonchev–Trinajstić information content (AvgIpc) is 3.20. The topological polar surface area (TPSA) is 78.2 Å². The maximum atomic E-state index is 13.9. The lowest BCUT2D eigenvalue weighted by Gasteiger charge is -2.26. The van der Waals surface area contributed by atoms with Gasteiger partial charge in [-0.05, 0) is 61.4 Å². The van der Waals surface area contributed by atoms with Gasteiger partial charge in [-0.25, -0.2) is 0 Å². The molecular weight excluding hydrogens is 482 g/mol. The minimum absolute atomic E-state index is 0.0646. The smallest absolute Gasteiger partial charge is 0.291 e. The van der Waals surface area contributed by atoms with Crippen molar-refractivity contribution in [2.45, 2.75) is 26.4 Å². The van der Waals surface area contributed by atoms with Gasteiger partial charge in [-0.15, -0.1) is 0 Å². The zero-order valence-electron chi connectivity index (χ0n) is 21.7. The van der Waals surface area contributed by atoms with Crippen LogP contribution in [0.4, 0.5) is 0 Å². The molecular formula is C31H29NO6. The van der Waals surface area contributed by atoms with Gasteiger partial charge in [0.05, 0.1) is 30.7 Å². The van der Waals surface area contributed by atoms with Crippen molar-refractivity contribution >= 4 is 16.9 Å². The van der Waals surface area contributed by atoms with E-state index in [0.29, 0.717) is 41.2 Å². The Kier molecular flexibility index (Phi) is 6.92. The van der Waals surface area contributed by atoms with Crippen molar-refractivity contribution in [1.82, 2.24) is 4.90 Å². The van der Waals surface area contributed by atoms with Crippen LogP contribution in [0.3, 0.4) is 0 Å². The number of rotatable bonds is 9. The molecule has 0 radical (unpaired) electrons. The molecule has 3 aromatic carbocycles. The second-order valence-corrected chi connectivity index (χ2v) is 9.10. The fraction of sp³-hybridized carbons (Fsp3) is 0.226. The van der Waals surface area contributed by atoms with Crippen LogP contribution in [-0.2, 0) is 6.54 Å². The van der Waals surface area contributed by atoms with Crippen molar-refractivity contribution in [2.24, 2.45) is 0 Å². The van der Waals surface area contributed by atoms with Gasteiger partial charge in [0, 0.05) is 6.54 Å². The minimum Gasteiger partial charge on any atom is -0.497 e. The zero-order chi connectivity index (χ0) is 26.8. The fourth-order valence-electron chi connectivity index (χ4n) is 4.80. The number of nitrogens with zero attached hydrogens (tertiary/aromatic N) is 1. The first-order valence-corrected chi connectivity index (χ1v) is 12.5. The van der Waals surface area contributed by atoms with Crippen LogP contribution in [0.25, 0.3) is 11.0 Å². The number of carbonyl (C=O) groups excluding carboxylic acids is 1. The van der Waals surface area contributed by atoms with Crippen molar-refractivity contribution < 1.29 is 23.4 Å². The molecule has 0 saturated heterocycles. The highest BCUT2D eigenvalue weighted by atomic mass is 16.5. The predicted octanol–water partition coefficient (Wildman–Crippen LogP) is 5.82. The van der Waals surface area contributed by atoms with Gasteiger partial charge in [-0.1, -0.05) is 42.5 Å². The first kappa shape index (κ1) is 25.1. The molecule has 0 bridgehead atoms. The second-order valence-electron chi connectivity index (χ2n) is 9.10. The normalized spacial score (nSPS) is 14.4. The largest absolute Gasteiger partial charge is 0.497 e. The van der Waals surface area contributed by atoms with E-state index in [2.05, 4.69) is 6.58 Å². The van der Waals surface area contributed by atoms with E-state index >= 15 is 0 Å². The van der Waals surface area contributed by atoms with Crippen molar-refractivity contribution in [1.29, 1.82) is 0 Å². The van der Waals surface area contributed by atoms with Crippen molar-refractivity contribution in [3.8, 4) is 17.2 Å². The molecule has 1 aliphatic rings. The fourth-order valence-corrected chi connectivity index (χ4v) is 4.80. The van der Waals surface area contributed by atoms with Crippen LogP contribution >= 0.6 is 0 Å². The Labute approximate surface area is 220 Å². The quantitative estimate of drug-likeness (QED) is 0.264. The Hall–Kier alpha value is -4.52. The summed E-state index contributed by atoms with van der Waals surface area (Å²) < 4.78 is 23.0. The van der Waals surface area contributed by atoms with Gasteiger partial charge in [0.2, 0.25) is 5.76 Å². The summed E-state index contributed by atoms with van der Waals surface area (Å²) in [4.78, 5) is 29.3. The molecule has 4 aromatic rings. The summed E-state index contributed by atoms with van der Waals surface area (Å²) >= 11 is 0. The van der Waals surface area contributed by atoms with E-state index in [4.69, 9.17) is 18.6 Å². The van der Waals surface area contributed by atoms with Crippen LogP contribution in [0.2, 0.25) is 0 Å². The Balaban J connectivity index is 1.68. The zero-order valence-corrected chi connectivity index (χ0v) is 21.7.